The van der Waals surface area contributed by atoms with Crippen molar-refractivity contribution in [2.45, 2.75) is 58.4 Å². The van der Waals surface area contributed by atoms with E-state index >= 15 is 0 Å². The van der Waals surface area contributed by atoms with Gasteiger partial charge in [0.25, 0.3) is 0 Å². The van der Waals surface area contributed by atoms with Gasteiger partial charge in [-0.05, 0) is 26.2 Å². The zero-order chi connectivity index (χ0) is 11.7. The first-order chi connectivity index (χ1) is 6.79. The van der Waals surface area contributed by atoms with Gasteiger partial charge in [-0.3, -0.25) is 4.79 Å². The summed E-state index contributed by atoms with van der Waals surface area (Å²) in [6, 6.07) is 0. The Labute approximate surface area is 92.0 Å². The zero-order valence-electron chi connectivity index (χ0n) is 10.0. The van der Waals surface area contributed by atoms with Gasteiger partial charge in [-0.25, -0.2) is 0 Å². The fourth-order valence-electron chi connectivity index (χ4n) is 3.13. The second-order valence-electron chi connectivity index (χ2n) is 5.60. The number of aliphatic carboxylic acids is 1. The first kappa shape index (κ1) is 12.5. The highest BCUT2D eigenvalue weighted by Gasteiger charge is 2.48. The number of hydrogen-bond donors (Lipinski definition) is 2. The van der Waals surface area contributed by atoms with Crippen LogP contribution in [0.3, 0.4) is 0 Å². The van der Waals surface area contributed by atoms with E-state index in [1.807, 2.05) is 13.8 Å². The van der Waals surface area contributed by atoms with Crippen LogP contribution in [0.4, 0.5) is 0 Å². The Morgan fingerprint density at radius 2 is 2.13 bits per heavy atom. The summed E-state index contributed by atoms with van der Waals surface area (Å²) in [6.45, 7) is 6.09. The summed E-state index contributed by atoms with van der Waals surface area (Å²) in [6.07, 6.45) is 4.58. The van der Waals surface area contributed by atoms with E-state index < -0.39 is 11.5 Å². The standard InChI is InChI=1S/C12H23NO2/c1-9-6-4-5-7-12(9,8-10(14)15)11(2,3)13/h9H,4-8,13H2,1-3H3,(H,14,15). The van der Waals surface area contributed by atoms with Crippen LogP contribution in [-0.2, 0) is 4.79 Å². The third kappa shape index (κ3) is 2.33. The van der Waals surface area contributed by atoms with Crippen LogP contribution in [0.15, 0.2) is 0 Å². The summed E-state index contributed by atoms with van der Waals surface area (Å²) in [7, 11) is 0. The Kier molecular flexibility index (Phi) is 3.44. The molecule has 0 spiro atoms. The molecule has 2 atom stereocenters. The van der Waals surface area contributed by atoms with Crippen molar-refractivity contribution in [2.24, 2.45) is 17.1 Å². The van der Waals surface area contributed by atoms with Crippen molar-refractivity contribution in [3.8, 4) is 0 Å². The van der Waals surface area contributed by atoms with Crippen molar-refractivity contribution in [3.05, 3.63) is 0 Å². The predicted molar refractivity (Wildman–Crippen MR) is 60.6 cm³/mol. The first-order valence-corrected chi connectivity index (χ1v) is 5.80. The minimum Gasteiger partial charge on any atom is -0.481 e. The van der Waals surface area contributed by atoms with Crippen LogP contribution in [0, 0.1) is 11.3 Å². The molecule has 1 aliphatic carbocycles. The molecule has 0 aromatic rings. The Morgan fingerprint density at radius 1 is 1.53 bits per heavy atom. The average molecular weight is 213 g/mol. The molecular formula is C12H23NO2. The molecule has 88 valence electrons. The molecule has 1 saturated carbocycles. The highest BCUT2D eigenvalue weighted by atomic mass is 16.4. The molecule has 0 saturated heterocycles. The summed E-state index contributed by atoms with van der Waals surface area (Å²) in [5.41, 5.74) is 5.58. The van der Waals surface area contributed by atoms with Gasteiger partial charge in [0.2, 0.25) is 0 Å². The topological polar surface area (TPSA) is 63.3 Å². The summed E-state index contributed by atoms with van der Waals surface area (Å²) in [4.78, 5) is 11.0. The highest BCUT2D eigenvalue weighted by Crippen LogP contribution is 2.50. The molecule has 0 amide bonds. The lowest BCUT2D eigenvalue weighted by atomic mass is 9.56. The normalized spacial score (nSPS) is 32.7. The molecule has 3 N–H and O–H groups in total. The summed E-state index contributed by atoms with van der Waals surface area (Å²) in [5.74, 6) is -0.315. The van der Waals surface area contributed by atoms with Crippen molar-refractivity contribution < 1.29 is 9.90 Å². The van der Waals surface area contributed by atoms with E-state index in [1.54, 1.807) is 0 Å². The fourth-order valence-corrected chi connectivity index (χ4v) is 3.13. The van der Waals surface area contributed by atoms with Crippen LogP contribution in [0.25, 0.3) is 0 Å². The molecule has 3 heteroatoms. The maximum atomic E-state index is 11.0. The molecule has 0 aliphatic heterocycles. The first-order valence-electron chi connectivity index (χ1n) is 5.80. The Bertz CT molecular complexity index is 244. The molecule has 1 rings (SSSR count). The van der Waals surface area contributed by atoms with Crippen LogP contribution in [0.1, 0.15) is 52.9 Å². The van der Waals surface area contributed by atoms with Crippen molar-refractivity contribution in [1.29, 1.82) is 0 Å². The van der Waals surface area contributed by atoms with Crippen LogP contribution in [0.5, 0.6) is 0 Å². The van der Waals surface area contributed by atoms with E-state index in [4.69, 9.17) is 10.8 Å². The van der Waals surface area contributed by atoms with Gasteiger partial charge in [0.15, 0.2) is 0 Å². The molecule has 0 aromatic heterocycles. The monoisotopic (exact) mass is 213 g/mol. The van der Waals surface area contributed by atoms with Crippen molar-refractivity contribution >= 4 is 5.97 Å². The maximum Gasteiger partial charge on any atom is 0.303 e. The van der Waals surface area contributed by atoms with Crippen molar-refractivity contribution in [3.63, 3.8) is 0 Å². The summed E-state index contributed by atoms with van der Waals surface area (Å²) >= 11 is 0. The Morgan fingerprint density at radius 3 is 2.53 bits per heavy atom. The van der Waals surface area contributed by atoms with Gasteiger partial charge >= 0.3 is 5.97 Å². The molecule has 15 heavy (non-hydrogen) atoms. The van der Waals surface area contributed by atoms with Crippen LogP contribution >= 0.6 is 0 Å². The molecular weight excluding hydrogens is 190 g/mol. The Balaban J connectivity index is 2.98. The third-order valence-corrected chi connectivity index (χ3v) is 4.20. The second-order valence-corrected chi connectivity index (χ2v) is 5.60. The highest BCUT2D eigenvalue weighted by molar-refractivity contribution is 5.68. The van der Waals surface area contributed by atoms with E-state index in [0.717, 1.165) is 19.3 Å². The molecule has 0 radical (unpaired) electrons. The van der Waals surface area contributed by atoms with Gasteiger partial charge in [0.1, 0.15) is 0 Å². The second kappa shape index (κ2) is 4.12. The number of rotatable bonds is 3. The van der Waals surface area contributed by atoms with Crippen molar-refractivity contribution in [1.82, 2.24) is 0 Å². The van der Waals surface area contributed by atoms with Crippen LogP contribution in [-0.4, -0.2) is 16.6 Å². The van der Waals surface area contributed by atoms with E-state index in [1.165, 1.54) is 6.42 Å². The van der Waals surface area contributed by atoms with E-state index in [2.05, 4.69) is 6.92 Å². The smallest absolute Gasteiger partial charge is 0.303 e. The van der Waals surface area contributed by atoms with Gasteiger partial charge in [-0.1, -0.05) is 26.2 Å². The zero-order valence-corrected chi connectivity index (χ0v) is 10.0. The van der Waals surface area contributed by atoms with Gasteiger partial charge < -0.3 is 10.8 Å². The summed E-state index contributed by atoms with van der Waals surface area (Å²) < 4.78 is 0. The van der Waals surface area contributed by atoms with Crippen molar-refractivity contribution in [2.75, 3.05) is 0 Å². The minimum atomic E-state index is -0.720. The van der Waals surface area contributed by atoms with Gasteiger partial charge in [0, 0.05) is 11.0 Å². The molecule has 3 nitrogen and oxygen atoms in total. The number of carboxylic acid groups (broad SMARTS) is 1. The number of hydrogen-bond acceptors (Lipinski definition) is 2. The van der Waals surface area contributed by atoms with Gasteiger partial charge in [-0.15, -0.1) is 0 Å². The number of carbonyl (C=O) groups is 1. The van der Waals surface area contributed by atoms with Gasteiger partial charge in [0.05, 0.1) is 6.42 Å². The quantitative estimate of drug-likeness (QED) is 0.756. The predicted octanol–water partition coefficient (Wildman–Crippen LogP) is 2.39. The largest absolute Gasteiger partial charge is 0.481 e. The SMILES string of the molecule is CC1CCCCC1(CC(=O)O)C(C)(C)N. The third-order valence-electron chi connectivity index (χ3n) is 4.20. The van der Waals surface area contributed by atoms with E-state index in [9.17, 15) is 4.79 Å². The van der Waals surface area contributed by atoms with Crippen LogP contribution in [0.2, 0.25) is 0 Å². The Hall–Kier alpha value is -0.570. The maximum absolute atomic E-state index is 11.0. The molecule has 0 heterocycles. The minimum absolute atomic E-state index is 0.206. The molecule has 0 aromatic carbocycles. The lowest BCUT2D eigenvalue weighted by Crippen LogP contribution is -2.56. The summed E-state index contributed by atoms with van der Waals surface area (Å²) in [5, 5.41) is 9.06. The van der Waals surface area contributed by atoms with E-state index in [0.29, 0.717) is 5.92 Å². The number of nitrogens with two attached hydrogens (primary N) is 1. The molecule has 0 bridgehead atoms. The van der Waals surface area contributed by atoms with E-state index in [-0.39, 0.29) is 11.8 Å². The lowest BCUT2D eigenvalue weighted by molar-refractivity contribution is -0.143. The number of carboxylic acids is 1. The molecule has 1 aliphatic rings. The van der Waals surface area contributed by atoms with Crippen LogP contribution < -0.4 is 5.73 Å². The van der Waals surface area contributed by atoms with Gasteiger partial charge in [-0.2, -0.15) is 0 Å². The lowest BCUT2D eigenvalue weighted by Gasteiger charge is -2.50. The average Bonchev–Trinajstić information content (AvgIpc) is 2.06. The molecule has 2 unspecified atom stereocenters. The molecule has 1 fully saturated rings. The fraction of sp³-hybridized carbons (Fsp3) is 0.917.